The number of amides is 2. The molecule has 0 aliphatic heterocycles. The molecule has 4 nitrogen and oxygen atoms in total. The van der Waals surface area contributed by atoms with E-state index in [1.807, 2.05) is 30.3 Å². The third kappa shape index (κ3) is 5.05. The van der Waals surface area contributed by atoms with E-state index in [0.717, 1.165) is 18.4 Å². The molecule has 0 saturated heterocycles. The molecule has 0 bridgehead atoms. The largest absolute Gasteiger partial charge is 0.396 e. The third-order valence-corrected chi connectivity index (χ3v) is 4.20. The number of aliphatic hydroxyl groups is 1. The second-order valence-corrected chi connectivity index (χ2v) is 6.06. The van der Waals surface area contributed by atoms with Crippen molar-refractivity contribution in [3.8, 4) is 0 Å². The van der Waals surface area contributed by atoms with E-state index in [-0.39, 0.29) is 24.7 Å². The van der Waals surface area contributed by atoms with Gasteiger partial charge in [0.05, 0.1) is 6.04 Å². The van der Waals surface area contributed by atoms with Crippen LogP contribution >= 0.6 is 0 Å². The minimum Gasteiger partial charge on any atom is -0.396 e. The van der Waals surface area contributed by atoms with E-state index in [4.69, 9.17) is 0 Å². The molecule has 21 heavy (non-hydrogen) atoms. The first kappa shape index (κ1) is 15.8. The van der Waals surface area contributed by atoms with E-state index in [2.05, 4.69) is 17.6 Å². The first-order valence-corrected chi connectivity index (χ1v) is 7.92. The molecule has 1 aliphatic rings. The molecule has 2 rings (SSSR count). The monoisotopic (exact) mass is 290 g/mol. The number of rotatable bonds is 5. The molecule has 0 heterocycles. The van der Waals surface area contributed by atoms with Gasteiger partial charge in [0, 0.05) is 12.6 Å². The maximum absolute atomic E-state index is 12.2. The Kier molecular flexibility index (Phi) is 6.05. The molecule has 1 fully saturated rings. The number of hydrogen-bond donors (Lipinski definition) is 3. The van der Waals surface area contributed by atoms with Crippen LogP contribution < -0.4 is 10.6 Å². The van der Waals surface area contributed by atoms with Gasteiger partial charge in [-0.3, -0.25) is 0 Å². The zero-order valence-electron chi connectivity index (χ0n) is 12.7. The van der Waals surface area contributed by atoms with Gasteiger partial charge in [-0.05, 0) is 30.7 Å². The van der Waals surface area contributed by atoms with Crippen LogP contribution in [0.3, 0.4) is 0 Å². The van der Waals surface area contributed by atoms with Gasteiger partial charge in [0.2, 0.25) is 0 Å². The number of aliphatic hydroxyl groups excluding tert-OH is 1. The molecule has 1 saturated carbocycles. The summed E-state index contributed by atoms with van der Waals surface area (Å²) in [5.74, 6) is 0.686. The van der Waals surface area contributed by atoms with Crippen molar-refractivity contribution in [1.29, 1.82) is 0 Å². The Labute approximate surface area is 126 Å². The van der Waals surface area contributed by atoms with Gasteiger partial charge in [0.15, 0.2) is 0 Å². The quantitative estimate of drug-likeness (QED) is 0.780. The molecule has 3 atom stereocenters. The Hall–Kier alpha value is -1.55. The Morgan fingerprint density at radius 1 is 1.33 bits per heavy atom. The molecular formula is C17H26N2O2. The molecule has 4 heteroatoms. The minimum atomic E-state index is -0.141. The van der Waals surface area contributed by atoms with Crippen molar-refractivity contribution in [1.82, 2.24) is 10.6 Å². The third-order valence-electron chi connectivity index (χ3n) is 4.20. The van der Waals surface area contributed by atoms with Gasteiger partial charge in [-0.1, -0.05) is 50.1 Å². The van der Waals surface area contributed by atoms with E-state index in [9.17, 15) is 9.90 Å². The number of carbonyl (C=O) groups excluding carboxylic acids is 1. The summed E-state index contributed by atoms with van der Waals surface area (Å²) < 4.78 is 0. The number of benzene rings is 1. The maximum Gasteiger partial charge on any atom is 0.315 e. The fourth-order valence-corrected chi connectivity index (χ4v) is 3.09. The molecule has 2 amide bonds. The molecule has 1 aromatic carbocycles. The summed E-state index contributed by atoms with van der Waals surface area (Å²) in [7, 11) is 0. The zero-order chi connectivity index (χ0) is 15.1. The minimum absolute atomic E-state index is 0.0559. The number of carbonyl (C=O) groups is 1. The smallest absolute Gasteiger partial charge is 0.315 e. The van der Waals surface area contributed by atoms with Crippen molar-refractivity contribution in [3.05, 3.63) is 35.9 Å². The van der Waals surface area contributed by atoms with E-state index in [1.165, 1.54) is 12.8 Å². The Bertz CT molecular complexity index is 436. The first-order chi connectivity index (χ1) is 10.2. The highest BCUT2D eigenvalue weighted by molar-refractivity contribution is 5.74. The molecule has 116 valence electrons. The highest BCUT2D eigenvalue weighted by Gasteiger charge is 2.21. The van der Waals surface area contributed by atoms with Gasteiger partial charge >= 0.3 is 6.03 Å². The van der Waals surface area contributed by atoms with Gasteiger partial charge in [-0.15, -0.1) is 0 Å². The summed E-state index contributed by atoms with van der Waals surface area (Å²) in [4.78, 5) is 12.2. The summed E-state index contributed by atoms with van der Waals surface area (Å²) >= 11 is 0. The van der Waals surface area contributed by atoms with Crippen molar-refractivity contribution in [2.24, 2.45) is 5.92 Å². The van der Waals surface area contributed by atoms with Crippen LogP contribution in [0.5, 0.6) is 0 Å². The zero-order valence-corrected chi connectivity index (χ0v) is 12.7. The number of hydrogen-bond acceptors (Lipinski definition) is 2. The number of urea groups is 1. The lowest BCUT2D eigenvalue weighted by Crippen LogP contribution is -2.45. The first-order valence-electron chi connectivity index (χ1n) is 7.92. The predicted molar refractivity (Wildman–Crippen MR) is 84.0 cm³/mol. The molecular weight excluding hydrogens is 264 g/mol. The summed E-state index contributed by atoms with van der Waals surface area (Å²) in [6.07, 6.45) is 5.09. The Morgan fingerprint density at radius 2 is 2.10 bits per heavy atom. The second kappa shape index (κ2) is 8.03. The van der Waals surface area contributed by atoms with Crippen molar-refractivity contribution >= 4 is 6.03 Å². The van der Waals surface area contributed by atoms with E-state index >= 15 is 0 Å². The van der Waals surface area contributed by atoms with Crippen LogP contribution in [-0.2, 0) is 0 Å². The lowest BCUT2D eigenvalue weighted by Gasteiger charge is -2.28. The van der Waals surface area contributed by atoms with Crippen LogP contribution in [-0.4, -0.2) is 23.8 Å². The second-order valence-electron chi connectivity index (χ2n) is 6.06. The Balaban J connectivity index is 1.89. The van der Waals surface area contributed by atoms with Gasteiger partial charge in [0.25, 0.3) is 0 Å². The van der Waals surface area contributed by atoms with Crippen LogP contribution in [0, 0.1) is 5.92 Å². The summed E-state index contributed by atoms with van der Waals surface area (Å²) in [6, 6.07) is 9.80. The van der Waals surface area contributed by atoms with Crippen molar-refractivity contribution < 1.29 is 9.90 Å². The van der Waals surface area contributed by atoms with Crippen LogP contribution in [0.25, 0.3) is 0 Å². The van der Waals surface area contributed by atoms with Gasteiger partial charge in [-0.25, -0.2) is 4.79 Å². The van der Waals surface area contributed by atoms with Gasteiger partial charge in [-0.2, -0.15) is 0 Å². The fraction of sp³-hybridized carbons (Fsp3) is 0.588. The summed E-state index contributed by atoms with van der Waals surface area (Å²) in [5.41, 5.74) is 1.03. The standard InChI is InChI=1S/C17H26N2O2/c1-13-6-5-9-15(12-13)18-17(21)19-16(10-11-20)14-7-3-2-4-8-14/h2-4,7-8,13,15-16,20H,5-6,9-12H2,1H3,(H2,18,19,21)/t13?,15?,16-/m1/s1. The van der Waals surface area contributed by atoms with Crippen LogP contribution in [0.15, 0.2) is 30.3 Å². The normalized spacial score (nSPS) is 23.3. The fourth-order valence-electron chi connectivity index (χ4n) is 3.09. The van der Waals surface area contributed by atoms with E-state index < -0.39 is 0 Å². The average molecular weight is 290 g/mol. The van der Waals surface area contributed by atoms with Crippen molar-refractivity contribution in [3.63, 3.8) is 0 Å². The van der Waals surface area contributed by atoms with Gasteiger partial charge < -0.3 is 15.7 Å². The molecule has 1 aromatic rings. The molecule has 1 aliphatic carbocycles. The molecule has 0 spiro atoms. The lowest BCUT2D eigenvalue weighted by atomic mass is 9.87. The highest BCUT2D eigenvalue weighted by Crippen LogP contribution is 2.23. The van der Waals surface area contributed by atoms with Crippen LogP contribution in [0.2, 0.25) is 0 Å². The number of nitrogens with one attached hydrogen (secondary N) is 2. The van der Waals surface area contributed by atoms with E-state index in [1.54, 1.807) is 0 Å². The van der Waals surface area contributed by atoms with E-state index in [0.29, 0.717) is 12.3 Å². The summed E-state index contributed by atoms with van der Waals surface area (Å²) in [6.45, 7) is 2.30. The van der Waals surface area contributed by atoms with Crippen molar-refractivity contribution in [2.45, 2.75) is 51.1 Å². The molecule has 0 aromatic heterocycles. The van der Waals surface area contributed by atoms with Crippen LogP contribution in [0.1, 0.15) is 50.6 Å². The molecule has 2 unspecified atom stereocenters. The predicted octanol–water partition coefficient (Wildman–Crippen LogP) is 2.99. The SMILES string of the molecule is CC1CCCC(NC(=O)N[C@H](CCO)c2ccccc2)C1. The molecule has 3 N–H and O–H groups in total. The van der Waals surface area contributed by atoms with Crippen LogP contribution in [0.4, 0.5) is 4.79 Å². The lowest BCUT2D eigenvalue weighted by molar-refractivity contribution is 0.218. The molecule has 0 radical (unpaired) electrons. The topological polar surface area (TPSA) is 61.4 Å². The van der Waals surface area contributed by atoms with Crippen molar-refractivity contribution in [2.75, 3.05) is 6.61 Å². The Morgan fingerprint density at radius 3 is 2.76 bits per heavy atom. The highest BCUT2D eigenvalue weighted by atomic mass is 16.3. The summed E-state index contributed by atoms with van der Waals surface area (Å²) in [5, 5.41) is 15.3. The maximum atomic E-state index is 12.2. The van der Waals surface area contributed by atoms with Gasteiger partial charge in [0.1, 0.15) is 0 Å². The average Bonchev–Trinajstić information content (AvgIpc) is 2.47.